The molecule has 0 saturated carbocycles. The van der Waals surface area contributed by atoms with Crippen LogP contribution < -0.4 is 0 Å². The number of hydrogen-bond acceptors (Lipinski definition) is 4. The standard InChI is InChI=1S/C25H18N2O2/c1-13-10-18(27-11-14(13)2)17-12-26-15(3)22-24-21(29-25(17)22)9-8-20-23(24)16-6-4-5-7-19(16)28-20/h4-12H,1-3H3/i1D3,2D3,3D3. The van der Waals surface area contributed by atoms with Crippen LogP contribution in [0.15, 0.2) is 63.7 Å². The summed E-state index contributed by atoms with van der Waals surface area (Å²) in [5.41, 5.74) is 1.04. The molecule has 0 spiro atoms. The average molecular weight is 387 g/mol. The first-order chi connectivity index (χ1) is 17.7. The second-order valence-corrected chi connectivity index (χ2v) is 6.85. The van der Waals surface area contributed by atoms with Crippen molar-refractivity contribution in [3.8, 4) is 11.3 Å². The zero-order valence-corrected chi connectivity index (χ0v) is 14.9. The zero-order valence-electron chi connectivity index (χ0n) is 23.9. The molecule has 0 saturated heterocycles. The minimum Gasteiger partial charge on any atom is -0.456 e. The van der Waals surface area contributed by atoms with Crippen molar-refractivity contribution in [2.75, 3.05) is 0 Å². The molecular weight excluding hydrogens is 360 g/mol. The van der Waals surface area contributed by atoms with Gasteiger partial charge in [-0.1, -0.05) is 18.2 Å². The minimum absolute atomic E-state index is 0.0890. The molecule has 0 fully saturated rings. The zero-order chi connectivity index (χ0) is 27.2. The van der Waals surface area contributed by atoms with Crippen LogP contribution >= 0.6 is 0 Å². The summed E-state index contributed by atoms with van der Waals surface area (Å²) in [4.78, 5) is 8.50. The third kappa shape index (κ3) is 2.20. The largest absolute Gasteiger partial charge is 0.456 e. The fourth-order valence-electron chi connectivity index (χ4n) is 3.86. The van der Waals surface area contributed by atoms with E-state index in [1.165, 1.54) is 12.3 Å². The molecule has 0 bridgehead atoms. The Morgan fingerprint density at radius 1 is 0.759 bits per heavy atom. The van der Waals surface area contributed by atoms with Gasteiger partial charge in [0.05, 0.1) is 16.6 Å². The molecule has 140 valence electrons. The SMILES string of the molecule is [2H]C([2H])([2H])c1cnc(-c2cnc(C([2H])([2H])[2H])c3c2oc2ccc4oc5ccccc5c4c23)cc1C([2H])([2H])[2H]. The molecule has 2 aromatic carbocycles. The molecule has 0 aliphatic rings. The smallest absolute Gasteiger partial charge is 0.148 e. The maximum atomic E-state index is 8.14. The van der Waals surface area contributed by atoms with Crippen LogP contribution in [-0.2, 0) is 0 Å². The first-order valence-electron chi connectivity index (χ1n) is 13.4. The first-order valence-corrected chi connectivity index (χ1v) is 8.92. The van der Waals surface area contributed by atoms with Crippen LogP contribution in [0.2, 0.25) is 0 Å². The summed E-state index contributed by atoms with van der Waals surface area (Å²) in [5.74, 6) is 0. The highest BCUT2D eigenvalue weighted by Crippen LogP contribution is 2.42. The number of para-hydroxylation sites is 1. The van der Waals surface area contributed by atoms with Crippen LogP contribution in [0.3, 0.4) is 0 Å². The molecule has 4 nitrogen and oxygen atoms in total. The van der Waals surface area contributed by atoms with E-state index < -0.39 is 20.6 Å². The predicted octanol–water partition coefficient (Wildman–Crippen LogP) is 6.87. The topological polar surface area (TPSA) is 52.1 Å². The van der Waals surface area contributed by atoms with Crippen molar-refractivity contribution in [2.24, 2.45) is 0 Å². The van der Waals surface area contributed by atoms with Gasteiger partial charge in [-0.15, -0.1) is 0 Å². The summed E-state index contributed by atoms with van der Waals surface area (Å²) < 4.78 is 83.5. The van der Waals surface area contributed by atoms with Gasteiger partial charge in [-0.2, -0.15) is 0 Å². The molecule has 29 heavy (non-hydrogen) atoms. The number of fused-ring (bicyclic) bond motifs is 7. The van der Waals surface area contributed by atoms with Crippen LogP contribution in [0, 0.1) is 20.6 Å². The molecule has 0 aliphatic carbocycles. The van der Waals surface area contributed by atoms with E-state index in [9.17, 15) is 0 Å². The van der Waals surface area contributed by atoms with Crippen LogP contribution in [0.1, 0.15) is 29.2 Å². The Morgan fingerprint density at radius 3 is 2.48 bits per heavy atom. The summed E-state index contributed by atoms with van der Waals surface area (Å²) in [7, 11) is 0. The van der Waals surface area contributed by atoms with Gasteiger partial charge in [-0.3, -0.25) is 9.97 Å². The lowest BCUT2D eigenvalue weighted by molar-refractivity contribution is 0.663. The fourth-order valence-corrected chi connectivity index (χ4v) is 3.86. The Labute approximate surface area is 179 Å². The summed E-state index contributed by atoms with van der Waals surface area (Å²) in [5, 5.41) is 2.16. The number of aryl methyl sites for hydroxylation is 3. The van der Waals surface area contributed by atoms with Gasteiger partial charge < -0.3 is 8.83 Å². The molecular formula is C25H18N2O2. The molecule has 0 radical (unpaired) electrons. The monoisotopic (exact) mass is 387 g/mol. The highest BCUT2D eigenvalue weighted by atomic mass is 16.3. The minimum atomic E-state index is -2.73. The average Bonchev–Trinajstić information content (AvgIpc) is 3.39. The van der Waals surface area contributed by atoms with E-state index in [1.54, 1.807) is 12.1 Å². The predicted molar refractivity (Wildman–Crippen MR) is 116 cm³/mol. The Morgan fingerprint density at radius 2 is 1.62 bits per heavy atom. The van der Waals surface area contributed by atoms with Crippen molar-refractivity contribution in [1.29, 1.82) is 0 Å². The second-order valence-electron chi connectivity index (χ2n) is 6.85. The van der Waals surface area contributed by atoms with Crippen molar-refractivity contribution < 1.29 is 21.2 Å². The molecule has 6 aromatic rings. The Hall–Kier alpha value is -3.66. The molecule has 0 aliphatic heterocycles. The third-order valence-electron chi connectivity index (χ3n) is 5.18. The van der Waals surface area contributed by atoms with Gasteiger partial charge in [-0.05, 0) is 55.9 Å². The van der Waals surface area contributed by atoms with E-state index in [0.717, 1.165) is 11.6 Å². The number of benzene rings is 2. The highest BCUT2D eigenvalue weighted by molar-refractivity contribution is 6.27. The van der Waals surface area contributed by atoms with Crippen molar-refractivity contribution in [1.82, 2.24) is 9.97 Å². The summed E-state index contributed by atoms with van der Waals surface area (Å²) in [6.45, 7) is -8.03. The number of rotatable bonds is 1. The van der Waals surface area contributed by atoms with Gasteiger partial charge >= 0.3 is 0 Å². The lowest BCUT2D eigenvalue weighted by Crippen LogP contribution is -1.91. The van der Waals surface area contributed by atoms with Crippen LogP contribution in [0.25, 0.3) is 55.1 Å². The number of hydrogen-bond donors (Lipinski definition) is 0. The lowest BCUT2D eigenvalue weighted by Gasteiger charge is -2.06. The van der Waals surface area contributed by atoms with E-state index in [1.807, 2.05) is 24.3 Å². The van der Waals surface area contributed by atoms with E-state index in [4.69, 9.17) is 21.2 Å². The summed E-state index contributed by atoms with van der Waals surface area (Å²) in [6.07, 6.45) is 2.27. The maximum Gasteiger partial charge on any atom is 0.148 e. The van der Waals surface area contributed by atoms with Crippen LogP contribution in [0.5, 0.6) is 0 Å². The van der Waals surface area contributed by atoms with Crippen molar-refractivity contribution in [3.63, 3.8) is 0 Å². The van der Waals surface area contributed by atoms with Gasteiger partial charge in [0.2, 0.25) is 0 Å². The van der Waals surface area contributed by atoms with Crippen LogP contribution in [0.4, 0.5) is 0 Å². The van der Waals surface area contributed by atoms with Gasteiger partial charge in [0.15, 0.2) is 0 Å². The molecule has 4 aromatic heterocycles. The van der Waals surface area contributed by atoms with Crippen molar-refractivity contribution >= 4 is 43.9 Å². The quantitative estimate of drug-likeness (QED) is 0.309. The van der Waals surface area contributed by atoms with Gasteiger partial charge in [0.25, 0.3) is 0 Å². The van der Waals surface area contributed by atoms with Crippen LogP contribution in [-0.4, -0.2) is 9.97 Å². The number of furan rings is 2. The molecule has 0 atom stereocenters. The Bertz CT molecular complexity index is 1890. The second kappa shape index (κ2) is 5.67. The van der Waals surface area contributed by atoms with Gasteiger partial charge in [-0.25, -0.2) is 0 Å². The fraction of sp³-hybridized carbons (Fsp3) is 0.120. The molecule has 6 rings (SSSR count). The van der Waals surface area contributed by atoms with Gasteiger partial charge in [0.1, 0.15) is 22.3 Å². The van der Waals surface area contributed by atoms with Crippen molar-refractivity contribution in [2.45, 2.75) is 20.6 Å². The molecule has 4 heteroatoms. The number of aromatic nitrogens is 2. The van der Waals surface area contributed by atoms with Crippen molar-refractivity contribution in [3.05, 3.63) is 71.7 Å². The van der Waals surface area contributed by atoms with E-state index in [2.05, 4.69) is 9.97 Å². The molecule has 4 heterocycles. The normalized spacial score (nSPS) is 17.9. The Balaban J connectivity index is 1.75. The maximum absolute atomic E-state index is 8.14. The first kappa shape index (κ1) is 9.70. The van der Waals surface area contributed by atoms with E-state index in [-0.39, 0.29) is 39.0 Å². The molecule has 0 amide bonds. The van der Waals surface area contributed by atoms with E-state index in [0.29, 0.717) is 27.5 Å². The molecule has 0 unspecified atom stereocenters. The number of pyridine rings is 2. The van der Waals surface area contributed by atoms with E-state index >= 15 is 0 Å². The summed E-state index contributed by atoms with van der Waals surface area (Å²) >= 11 is 0. The van der Waals surface area contributed by atoms with Gasteiger partial charge in [0, 0.05) is 46.6 Å². The lowest BCUT2D eigenvalue weighted by atomic mass is 10.0. The Kier molecular flexibility index (Phi) is 1.90. The third-order valence-corrected chi connectivity index (χ3v) is 5.18. The summed E-state index contributed by atoms with van der Waals surface area (Å²) in [6, 6.07) is 11.9. The molecule has 0 N–H and O–H groups in total. The highest BCUT2D eigenvalue weighted by Gasteiger charge is 2.20. The number of nitrogens with zero attached hydrogens (tertiary/aromatic N) is 2.